The summed E-state index contributed by atoms with van der Waals surface area (Å²) in [4.78, 5) is 0. The molecule has 0 fully saturated rings. The molecule has 0 aliphatic carbocycles. The minimum Gasteiger partial charge on any atom is -1.00 e. The highest BCUT2D eigenvalue weighted by Crippen LogP contribution is 2.04. The number of nitrogens with zero attached hydrogens (tertiary/aromatic N) is 2. The maximum atomic E-state index is 8.40. The van der Waals surface area contributed by atoms with Crippen molar-refractivity contribution in [3.8, 4) is 0 Å². The molecular formula is C14H23BrN2O. The van der Waals surface area contributed by atoms with Gasteiger partial charge in [0.1, 0.15) is 6.54 Å². The van der Waals surface area contributed by atoms with Crippen molar-refractivity contribution in [2.24, 2.45) is 5.16 Å². The predicted octanol–water partition coefficient (Wildman–Crippen LogP) is 0.147. The van der Waals surface area contributed by atoms with Gasteiger partial charge in [0.05, 0.1) is 6.21 Å². The third-order valence-electron chi connectivity index (χ3n) is 2.89. The molecule has 0 spiro atoms. The average Bonchev–Trinajstić information content (AvgIpc) is 2.36. The van der Waals surface area contributed by atoms with Crippen molar-refractivity contribution in [2.75, 3.05) is 0 Å². The van der Waals surface area contributed by atoms with Gasteiger partial charge in [0.15, 0.2) is 12.4 Å². The van der Waals surface area contributed by atoms with Gasteiger partial charge in [0.25, 0.3) is 0 Å². The lowest BCUT2D eigenvalue weighted by Crippen LogP contribution is -3.00. The van der Waals surface area contributed by atoms with E-state index in [1.165, 1.54) is 44.7 Å². The summed E-state index contributed by atoms with van der Waals surface area (Å²) in [5, 5.41) is 11.4. The molecule has 102 valence electrons. The Morgan fingerprint density at radius 3 is 2.33 bits per heavy atom. The van der Waals surface area contributed by atoms with Crippen molar-refractivity contribution in [1.29, 1.82) is 0 Å². The van der Waals surface area contributed by atoms with Crippen LogP contribution in [0.3, 0.4) is 0 Å². The van der Waals surface area contributed by atoms with E-state index in [4.69, 9.17) is 5.21 Å². The van der Waals surface area contributed by atoms with E-state index in [1.807, 2.05) is 24.5 Å². The molecular weight excluding hydrogens is 292 g/mol. The minimum absolute atomic E-state index is 0. The molecule has 18 heavy (non-hydrogen) atoms. The van der Waals surface area contributed by atoms with Crippen molar-refractivity contribution in [2.45, 2.75) is 52.0 Å². The van der Waals surface area contributed by atoms with E-state index in [2.05, 4.69) is 16.6 Å². The van der Waals surface area contributed by atoms with E-state index in [-0.39, 0.29) is 17.0 Å². The van der Waals surface area contributed by atoms with E-state index in [0.717, 1.165) is 12.1 Å². The number of unbranched alkanes of at least 4 members (excludes halogenated alkanes) is 5. The third kappa shape index (κ3) is 7.43. The second-order valence-electron chi connectivity index (χ2n) is 4.38. The fourth-order valence-electron chi connectivity index (χ4n) is 1.85. The number of aromatic nitrogens is 1. The second kappa shape index (κ2) is 11.2. The Labute approximate surface area is 120 Å². The van der Waals surface area contributed by atoms with Crippen molar-refractivity contribution in [1.82, 2.24) is 0 Å². The second-order valence-corrected chi connectivity index (χ2v) is 4.38. The van der Waals surface area contributed by atoms with Crippen molar-refractivity contribution >= 4 is 6.21 Å². The topological polar surface area (TPSA) is 36.5 Å². The lowest BCUT2D eigenvalue weighted by atomic mass is 10.1. The number of rotatable bonds is 8. The van der Waals surface area contributed by atoms with Crippen LogP contribution in [0.15, 0.2) is 29.7 Å². The Balaban J connectivity index is 0.00000289. The van der Waals surface area contributed by atoms with Crippen LogP contribution in [0.1, 0.15) is 51.0 Å². The molecule has 0 amide bonds. The Kier molecular flexibility index (Phi) is 10.6. The Hall–Kier alpha value is -0.900. The summed E-state index contributed by atoms with van der Waals surface area (Å²) in [6, 6.07) is 3.91. The molecule has 0 atom stereocenters. The quantitative estimate of drug-likeness (QED) is 0.239. The van der Waals surface area contributed by atoms with Gasteiger partial charge in [-0.25, -0.2) is 4.57 Å². The number of hydrogen-bond donors (Lipinski definition) is 1. The molecule has 0 aliphatic heterocycles. The molecule has 0 saturated carbocycles. The monoisotopic (exact) mass is 314 g/mol. The summed E-state index contributed by atoms with van der Waals surface area (Å²) >= 11 is 0. The van der Waals surface area contributed by atoms with Gasteiger partial charge < -0.3 is 22.2 Å². The maximum absolute atomic E-state index is 8.40. The van der Waals surface area contributed by atoms with Crippen molar-refractivity contribution in [3.05, 3.63) is 30.1 Å². The van der Waals surface area contributed by atoms with Gasteiger partial charge in [-0.05, 0) is 6.42 Å². The molecule has 0 saturated heterocycles. The lowest BCUT2D eigenvalue weighted by Gasteiger charge is -1.99. The van der Waals surface area contributed by atoms with Gasteiger partial charge in [-0.3, -0.25) is 0 Å². The molecule has 4 heteroatoms. The molecule has 3 nitrogen and oxygen atoms in total. The Bertz CT molecular complexity index is 325. The van der Waals surface area contributed by atoms with Crippen LogP contribution in [-0.2, 0) is 6.54 Å². The van der Waals surface area contributed by atoms with Gasteiger partial charge in [0, 0.05) is 24.1 Å². The van der Waals surface area contributed by atoms with Crippen LogP contribution in [0.5, 0.6) is 0 Å². The third-order valence-corrected chi connectivity index (χ3v) is 2.89. The van der Waals surface area contributed by atoms with E-state index in [1.54, 1.807) is 0 Å². The summed E-state index contributed by atoms with van der Waals surface area (Å²) in [6.45, 7) is 3.32. The average molecular weight is 315 g/mol. The van der Waals surface area contributed by atoms with Gasteiger partial charge in [-0.1, -0.05) is 37.8 Å². The van der Waals surface area contributed by atoms with Crippen LogP contribution in [0.2, 0.25) is 0 Å². The number of hydrogen-bond acceptors (Lipinski definition) is 2. The number of aryl methyl sites for hydroxylation is 1. The molecule has 1 N–H and O–H groups in total. The molecule has 1 heterocycles. The van der Waals surface area contributed by atoms with Crippen LogP contribution >= 0.6 is 0 Å². The highest BCUT2D eigenvalue weighted by Gasteiger charge is 1.99. The van der Waals surface area contributed by atoms with Crippen LogP contribution in [0.25, 0.3) is 0 Å². The van der Waals surface area contributed by atoms with E-state index in [0.29, 0.717) is 0 Å². The fourth-order valence-corrected chi connectivity index (χ4v) is 1.85. The summed E-state index contributed by atoms with van der Waals surface area (Å²) in [5.74, 6) is 0. The van der Waals surface area contributed by atoms with Crippen LogP contribution in [0, 0.1) is 0 Å². The molecule has 0 aliphatic rings. The predicted molar refractivity (Wildman–Crippen MR) is 69.4 cm³/mol. The summed E-state index contributed by atoms with van der Waals surface area (Å²) in [6.07, 6.45) is 13.4. The standard InChI is InChI=1S/C14H22N2O.BrH/c1-2-3-4-5-6-7-10-16-11-8-14(9-12-16)13-15-17;/h8-9,11-13H,2-7,10H2,1H3;1H. The van der Waals surface area contributed by atoms with Crippen LogP contribution in [0.4, 0.5) is 0 Å². The first-order valence-corrected chi connectivity index (χ1v) is 6.53. The van der Waals surface area contributed by atoms with Gasteiger partial charge in [-0.15, -0.1) is 0 Å². The Morgan fingerprint density at radius 2 is 1.72 bits per heavy atom. The highest BCUT2D eigenvalue weighted by atomic mass is 79.9. The number of oxime groups is 1. The minimum atomic E-state index is 0. The highest BCUT2D eigenvalue weighted by molar-refractivity contribution is 5.78. The van der Waals surface area contributed by atoms with Gasteiger partial charge in [-0.2, -0.15) is 0 Å². The van der Waals surface area contributed by atoms with E-state index >= 15 is 0 Å². The largest absolute Gasteiger partial charge is 1.00 e. The van der Waals surface area contributed by atoms with Gasteiger partial charge >= 0.3 is 0 Å². The zero-order valence-corrected chi connectivity index (χ0v) is 12.6. The number of halogens is 1. The van der Waals surface area contributed by atoms with E-state index < -0.39 is 0 Å². The summed E-state index contributed by atoms with van der Waals surface area (Å²) in [5.41, 5.74) is 0.923. The lowest BCUT2D eigenvalue weighted by molar-refractivity contribution is -0.697. The molecule has 0 aromatic carbocycles. The van der Waals surface area contributed by atoms with Crippen LogP contribution in [-0.4, -0.2) is 11.4 Å². The zero-order valence-electron chi connectivity index (χ0n) is 11.1. The first kappa shape index (κ1) is 17.1. The molecule has 0 radical (unpaired) electrons. The van der Waals surface area contributed by atoms with Crippen LogP contribution < -0.4 is 21.5 Å². The summed E-state index contributed by atoms with van der Waals surface area (Å²) < 4.78 is 2.18. The summed E-state index contributed by atoms with van der Waals surface area (Å²) in [7, 11) is 0. The molecule has 1 rings (SSSR count). The first-order chi connectivity index (χ1) is 8.36. The van der Waals surface area contributed by atoms with Crippen molar-refractivity contribution < 1.29 is 26.8 Å². The molecule has 0 bridgehead atoms. The first-order valence-electron chi connectivity index (χ1n) is 6.53. The van der Waals surface area contributed by atoms with Crippen molar-refractivity contribution in [3.63, 3.8) is 0 Å². The molecule has 0 unspecified atom stereocenters. The number of pyridine rings is 1. The fraction of sp³-hybridized carbons (Fsp3) is 0.571. The molecule has 1 aromatic heterocycles. The normalized spacial score (nSPS) is 10.5. The maximum Gasteiger partial charge on any atom is 0.169 e. The van der Waals surface area contributed by atoms with Gasteiger partial charge in [0.2, 0.25) is 0 Å². The Morgan fingerprint density at radius 1 is 1.11 bits per heavy atom. The SMILES string of the molecule is CCCCCCCC[n+]1ccc(C=NO)cc1.[Br-]. The molecule has 1 aromatic rings. The zero-order chi connectivity index (χ0) is 12.3. The van der Waals surface area contributed by atoms with E-state index in [9.17, 15) is 0 Å². The smallest absolute Gasteiger partial charge is 0.169 e.